The van der Waals surface area contributed by atoms with Crippen LogP contribution in [0.15, 0.2) is 24.3 Å². The maximum atomic E-state index is 11.9. The standard InChI is InChI=1S/C21H27NO10/c1-11(23)22-18-20(30-14(4)26)19(29-13(3)25)17(10-28-12(2)24)32-21(18)31-16-8-6-15(27-5)7-9-16/h6-9,17-21H,10H2,1-5H3,(H,22,23)/t17-,18-,19-,20-,21+/m1/s1. The highest BCUT2D eigenvalue weighted by molar-refractivity contribution is 5.73. The summed E-state index contributed by atoms with van der Waals surface area (Å²) in [7, 11) is 1.52. The van der Waals surface area contributed by atoms with Crippen molar-refractivity contribution >= 4 is 23.8 Å². The van der Waals surface area contributed by atoms with Crippen LogP contribution in [0.5, 0.6) is 11.5 Å². The van der Waals surface area contributed by atoms with Crippen LogP contribution in [0, 0.1) is 0 Å². The Bertz CT molecular complexity index is 824. The molecule has 1 N–H and O–H groups in total. The maximum absolute atomic E-state index is 11.9. The molecule has 1 heterocycles. The average Bonchev–Trinajstić information content (AvgIpc) is 2.70. The van der Waals surface area contributed by atoms with Crippen LogP contribution in [0.2, 0.25) is 0 Å². The highest BCUT2D eigenvalue weighted by Gasteiger charge is 2.51. The van der Waals surface area contributed by atoms with Crippen molar-refractivity contribution in [3.05, 3.63) is 24.3 Å². The molecule has 2 rings (SSSR count). The molecule has 11 heteroatoms. The fourth-order valence-corrected chi connectivity index (χ4v) is 3.18. The summed E-state index contributed by atoms with van der Waals surface area (Å²) in [4.78, 5) is 46.8. The zero-order chi connectivity index (χ0) is 23.8. The second-order valence-electron chi connectivity index (χ2n) is 7.01. The second kappa shape index (κ2) is 11.3. The molecule has 32 heavy (non-hydrogen) atoms. The van der Waals surface area contributed by atoms with Crippen LogP contribution in [0.1, 0.15) is 27.7 Å². The summed E-state index contributed by atoms with van der Waals surface area (Å²) in [5.41, 5.74) is 0. The molecule has 0 bridgehead atoms. The number of esters is 3. The summed E-state index contributed by atoms with van der Waals surface area (Å²) in [5.74, 6) is -1.45. The summed E-state index contributed by atoms with van der Waals surface area (Å²) in [5, 5.41) is 2.63. The molecular weight excluding hydrogens is 426 g/mol. The smallest absolute Gasteiger partial charge is 0.303 e. The normalized spacial score (nSPS) is 24.6. The van der Waals surface area contributed by atoms with Crippen molar-refractivity contribution in [2.45, 2.75) is 58.3 Å². The highest BCUT2D eigenvalue weighted by atomic mass is 16.7. The molecule has 0 spiro atoms. The quantitative estimate of drug-likeness (QED) is 0.443. The van der Waals surface area contributed by atoms with Gasteiger partial charge in [0.1, 0.15) is 30.3 Å². The Morgan fingerprint density at radius 2 is 1.44 bits per heavy atom. The molecule has 0 aliphatic carbocycles. The van der Waals surface area contributed by atoms with Crippen LogP contribution in [0.4, 0.5) is 0 Å². The fraction of sp³-hybridized carbons (Fsp3) is 0.524. The van der Waals surface area contributed by atoms with E-state index >= 15 is 0 Å². The van der Waals surface area contributed by atoms with Gasteiger partial charge < -0.3 is 33.7 Å². The topological polar surface area (TPSA) is 136 Å². The Labute approximate surface area is 185 Å². The molecule has 0 aromatic heterocycles. The zero-order valence-corrected chi connectivity index (χ0v) is 18.5. The predicted molar refractivity (Wildman–Crippen MR) is 108 cm³/mol. The van der Waals surface area contributed by atoms with E-state index in [9.17, 15) is 19.2 Å². The Hall–Kier alpha value is -3.34. The summed E-state index contributed by atoms with van der Waals surface area (Å²) in [6, 6.07) is 5.51. The lowest BCUT2D eigenvalue weighted by Crippen LogP contribution is -2.67. The Kier molecular flexibility index (Phi) is 8.82. The van der Waals surface area contributed by atoms with Crippen molar-refractivity contribution in [1.29, 1.82) is 0 Å². The summed E-state index contributed by atoms with van der Waals surface area (Å²) in [6.07, 6.45) is -4.58. The van der Waals surface area contributed by atoms with Crippen LogP contribution < -0.4 is 14.8 Å². The molecule has 1 amide bonds. The lowest BCUT2D eigenvalue weighted by atomic mass is 9.96. The number of benzene rings is 1. The number of carbonyl (C=O) groups excluding carboxylic acids is 4. The largest absolute Gasteiger partial charge is 0.497 e. The minimum Gasteiger partial charge on any atom is -0.497 e. The third-order valence-electron chi connectivity index (χ3n) is 4.38. The van der Waals surface area contributed by atoms with Gasteiger partial charge in [0.25, 0.3) is 0 Å². The summed E-state index contributed by atoms with van der Waals surface area (Å²) in [6.45, 7) is 4.51. The first-order chi connectivity index (χ1) is 15.1. The molecule has 1 aromatic carbocycles. The number of rotatable bonds is 8. The molecule has 0 saturated carbocycles. The van der Waals surface area contributed by atoms with Gasteiger partial charge in [-0.15, -0.1) is 0 Å². The number of hydrogen-bond acceptors (Lipinski definition) is 10. The molecule has 176 valence electrons. The van der Waals surface area contributed by atoms with Crippen LogP contribution in [-0.4, -0.2) is 68.2 Å². The van der Waals surface area contributed by atoms with Gasteiger partial charge in [-0.3, -0.25) is 19.2 Å². The number of carbonyl (C=O) groups is 4. The van der Waals surface area contributed by atoms with E-state index in [2.05, 4.69) is 5.32 Å². The van der Waals surface area contributed by atoms with E-state index in [1.54, 1.807) is 24.3 Å². The summed E-state index contributed by atoms with van der Waals surface area (Å²) >= 11 is 0. The first-order valence-electron chi connectivity index (χ1n) is 9.81. The van der Waals surface area contributed by atoms with Gasteiger partial charge in [0, 0.05) is 27.7 Å². The lowest BCUT2D eigenvalue weighted by molar-refractivity contribution is -0.257. The van der Waals surface area contributed by atoms with Crippen molar-refractivity contribution in [1.82, 2.24) is 5.32 Å². The van der Waals surface area contributed by atoms with Crippen LogP contribution in [0.3, 0.4) is 0 Å². The number of amides is 1. The number of ether oxygens (including phenoxy) is 6. The van der Waals surface area contributed by atoms with E-state index in [-0.39, 0.29) is 6.61 Å². The SMILES string of the molecule is COc1ccc(O[C@H]2O[C@H](COC(C)=O)[C@@H](OC(C)=O)[C@H](OC(C)=O)[C@H]2NC(C)=O)cc1. The number of nitrogens with one attached hydrogen (secondary N) is 1. The third-order valence-corrected chi connectivity index (χ3v) is 4.38. The van der Waals surface area contributed by atoms with Crippen molar-refractivity contribution in [2.24, 2.45) is 0 Å². The average molecular weight is 453 g/mol. The van der Waals surface area contributed by atoms with E-state index in [0.29, 0.717) is 11.5 Å². The van der Waals surface area contributed by atoms with Crippen LogP contribution >= 0.6 is 0 Å². The van der Waals surface area contributed by atoms with Gasteiger partial charge in [0.15, 0.2) is 12.2 Å². The lowest BCUT2D eigenvalue weighted by Gasteiger charge is -2.44. The van der Waals surface area contributed by atoms with E-state index < -0.39 is 54.5 Å². The molecule has 5 atom stereocenters. The van der Waals surface area contributed by atoms with Gasteiger partial charge in [-0.2, -0.15) is 0 Å². The minimum atomic E-state index is -1.18. The molecule has 1 aliphatic rings. The molecule has 0 unspecified atom stereocenters. The van der Waals surface area contributed by atoms with Crippen molar-refractivity contribution in [2.75, 3.05) is 13.7 Å². The number of methoxy groups -OCH3 is 1. The molecule has 1 aromatic rings. The summed E-state index contributed by atoms with van der Waals surface area (Å²) < 4.78 is 32.7. The van der Waals surface area contributed by atoms with Gasteiger partial charge in [-0.25, -0.2) is 0 Å². The Morgan fingerprint density at radius 3 is 1.94 bits per heavy atom. The van der Waals surface area contributed by atoms with Gasteiger partial charge >= 0.3 is 17.9 Å². The molecular formula is C21H27NO10. The van der Waals surface area contributed by atoms with Crippen LogP contribution in [-0.2, 0) is 38.1 Å². The maximum Gasteiger partial charge on any atom is 0.303 e. The molecule has 0 radical (unpaired) electrons. The van der Waals surface area contributed by atoms with Gasteiger partial charge in [-0.05, 0) is 24.3 Å². The van der Waals surface area contributed by atoms with E-state index in [1.165, 1.54) is 34.8 Å². The van der Waals surface area contributed by atoms with Crippen molar-refractivity contribution in [3.63, 3.8) is 0 Å². The third kappa shape index (κ3) is 7.12. The van der Waals surface area contributed by atoms with Crippen LogP contribution in [0.25, 0.3) is 0 Å². The minimum absolute atomic E-state index is 0.305. The highest BCUT2D eigenvalue weighted by Crippen LogP contribution is 2.29. The Balaban J connectivity index is 2.42. The Morgan fingerprint density at radius 1 is 0.875 bits per heavy atom. The predicted octanol–water partition coefficient (Wildman–Crippen LogP) is 0.730. The fourth-order valence-electron chi connectivity index (χ4n) is 3.18. The van der Waals surface area contributed by atoms with Gasteiger partial charge in [0.2, 0.25) is 12.2 Å². The molecule has 1 fully saturated rings. The van der Waals surface area contributed by atoms with Crippen molar-refractivity contribution < 1.29 is 47.6 Å². The van der Waals surface area contributed by atoms with E-state index in [0.717, 1.165) is 0 Å². The number of hydrogen-bond donors (Lipinski definition) is 1. The van der Waals surface area contributed by atoms with Gasteiger partial charge in [-0.1, -0.05) is 0 Å². The van der Waals surface area contributed by atoms with E-state index in [4.69, 9.17) is 28.4 Å². The molecule has 1 aliphatic heterocycles. The zero-order valence-electron chi connectivity index (χ0n) is 18.5. The molecule has 1 saturated heterocycles. The second-order valence-corrected chi connectivity index (χ2v) is 7.01. The first-order valence-corrected chi connectivity index (χ1v) is 9.81. The monoisotopic (exact) mass is 453 g/mol. The molecule has 11 nitrogen and oxygen atoms in total. The van der Waals surface area contributed by atoms with Gasteiger partial charge in [0.05, 0.1) is 7.11 Å². The first kappa shape index (κ1) is 24.9. The van der Waals surface area contributed by atoms with E-state index in [1.807, 2.05) is 0 Å². The van der Waals surface area contributed by atoms with Crippen molar-refractivity contribution in [3.8, 4) is 11.5 Å².